The van der Waals surface area contributed by atoms with E-state index in [0.29, 0.717) is 0 Å². The largest absolute Gasteiger partial charge is 0.354 e. The Hall–Kier alpha value is -2.24. The lowest BCUT2D eigenvalue weighted by molar-refractivity contribution is -0.470. The minimum atomic E-state index is 1.03. The van der Waals surface area contributed by atoms with Gasteiger partial charge in [0.1, 0.15) is 11.4 Å². The predicted molar refractivity (Wildman–Crippen MR) is 100 cm³/mol. The molecule has 0 heterocycles. The molecule has 0 saturated carbocycles. The predicted octanol–water partition coefficient (Wildman–Crippen LogP) is 0.914. The summed E-state index contributed by atoms with van der Waals surface area (Å²) in [6.07, 6.45) is 0. The molecule has 0 bridgehead atoms. The molecule has 1 rings (SSSR count). The van der Waals surface area contributed by atoms with Gasteiger partial charge in [-0.3, -0.25) is 19.0 Å². The Morgan fingerprint density at radius 2 is 1.39 bits per heavy atom. The second-order valence-electron chi connectivity index (χ2n) is 6.40. The van der Waals surface area contributed by atoms with E-state index in [4.69, 9.17) is 0 Å². The van der Waals surface area contributed by atoms with Crippen LogP contribution >= 0.6 is 0 Å². The molecule has 0 atom stereocenters. The molecular weight excluding hydrogens is 288 g/mol. The van der Waals surface area contributed by atoms with Crippen molar-refractivity contribution in [2.24, 2.45) is 0 Å². The summed E-state index contributed by atoms with van der Waals surface area (Å²) in [5, 5.41) is 3.54. The Morgan fingerprint density at radius 1 is 0.826 bits per heavy atom. The third-order valence-electron chi connectivity index (χ3n) is 3.46. The molecule has 23 heavy (non-hydrogen) atoms. The van der Waals surface area contributed by atoms with Crippen molar-refractivity contribution in [2.75, 3.05) is 73.6 Å². The number of para-hydroxylation sites is 2. The first kappa shape index (κ1) is 18.8. The highest BCUT2D eigenvalue weighted by molar-refractivity contribution is 5.99. The van der Waals surface area contributed by atoms with Crippen LogP contribution in [0.1, 0.15) is 0 Å². The second-order valence-corrected chi connectivity index (χ2v) is 6.40. The number of hydrogen-bond acceptors (Lipinski definition) is 0. The Balaban J connectivity index is 3.31. The van der Waals surface area contributed by atoms with Gasteiger partial charge in [0.2, 0.25) is 0 Å². The third-order valence-corrected chi connectivity index (χ3v) is 3.46. The van der Waals surface area contributed by atoms with E-state index in [9.17, 15) is 0 Å². The van der Waals surface area contributed by atoms with E-state index in [1.54, 1.807) is 0 Å². The quantitative estimate of drug-likeness (QED) is 0.498. The van der Waals surface area contributed by atoms with Crippen LogP contribution in [0, 0.1) is 0 Å². The molecule has 1 aromatic carbocycles. The molecule has 0 amide bonds. The van der Waals surface area contributed by atoms with Crippen molar-refractivity contribution < 1.29 is 9.15 Å². The molecule has 0 aliphatic rings. The molecule has 6 heteroatoms. The molecule has 0 spiro atoms. The van der Waals surface area contributed by atoms with Crippen LogP contribution in [0.25, 0.3) is 0 Å². The van der Waals surface area contributed by atoms with E-state index in [2.05, 4.69) is 82.6 Å². The summed E-state index contributed by atoms with van der Waals surface area (Å²) in [6.45, 7) is 0. The van der Waals surface area contributed by atoms with Crippen LogP contribution in [0.5, 0.6) is 0 Å². The molecule has 0 saturated heterocycles. The molecular formula is C17H32N6+2. The summed E-state index contributed by atoms with van der Waals surface area (Å²) in [5.74, 6) is 2.14. The first-order valence-electron chi connectivity index (χ1n) is 7.69. The second kappa shape index (κ2) is 7.85. The zero-order chi connectivity index (χ0) is 17.7. The van der Waals surface area contributed by atoms with Crippen LogP contribution in [0.2, 0.25) is 0 Å². The standard InChI is InChI=1S/C17H31N6/c1-19(2)16(20(3)4)18-14-12-10-11-13-15(14)23(9)17(21(5)6)22(7)8/h10-13H,1-9H3/q+1/p+1. The highest BCUT2D eigenvalue weighted by Crippen LogP contribution is 2.25. The summed E-state index contributed by atoms with van der Waals surface area (Å²) in [7, 11) is 18.4. The lowest BCUT2D eigenvalue weighted by Crippen LogP contribution is -2.44. The Labute approximate surface area is 140 Å². The van der Waals surface area contributed by atoms with Crippen molar-refractivity contribution in [2.45, 2.75) is 0 Å². The number of nitrogens with one attached hydrogen (secondary N) is 1. The first-order valence-corrected chi connectivity index (χ1v) is 7.69. The average molecular weight is 320 g/mol. The van der Waals surface area contributed by atoms with Gasteiger partial charge in [0.05, 0.1) is 63.4 Å². The van der Waals surface area contributed by atoms with Crippen molar-refractivity contribution in [1.82, 2.24) is 9.80 Å². The van der Waals surface area contributed by atoms with Crippen molar-refractivity contribution in [3.63, 3.8) is 0 Å². The van der Waals surface area contributed by atoms with E-state index >= 15 is 0 Å². The van der Waals surface area contributed by atoms with Crippen LogP contribution in [-0.2, 0) is 0 Å². The van der Waals surface area contributed by atoms with Gasteiger partial charge >= 0.3 is 11.9 Å². The van der Waals surface area contributed by atoms with Gasteiger partial charge in [0.15, 0.2) is 0 Å². The summed E-state index contributed by atoms with van der Waals surface area (Å²) >= 11 is 0. The maximum absolute atomic E-state index is 3.54. The summed E-state index contributed by atoms with van der Waals surface area (Å²) in [5.41, 5.74) is 2.18. The molecule has 6 nitrogen and oxygen atoms in total. The van der Waals surface area contributed by atoms with Gasteiger partial charge in [0, 0.05) is 0 Å². The smallest absolute Gasteiger partial charge is 0.270 e. The number of rotatable bonds is 2. The highest BCUT2D eigenvalue weighted by atomic mass is 15.4. The SMILES string of the molecule is CN(C)C(Nc1ccccc1N(C)C(N(C)C)=[N+](C)C)=[N+](C)C. The summed E-state index contributed by atoms with van der Waals surface area (Å²) in [6, 6.07) is 8.33. The van der Waals surface area contributed by atoms with Crippen LogP contribution in [-0.4, -0.2) is 94.3 Å². The van der Waals surface area contributed by atoms with Gasteiger partial charge in [-0.05, 0) is 12.1 Å². The van der Waals surface area contributed by atoms with Crippen molar-refractivity contribution in [1.29, 1.82) is 0 Å². The minimum Gasteiger partial charge on any atom is -0.270 e. The average Bonchev–Trinajstić information content (AvgIpc) is 2.43. The van der Waals surface area contributed by atoms with Gasteiger partial charge < -0.3 is 0 Å². The monoisotopic (exact) mass is 320 g/mol. The van der Waals surface area contributed by atoms with E-state index < -0.39 is 0 Å². The zero-order valence-electron chi connectivity index (χ0n) is 16.0. The fourth-order valence-electron chi connectivity index (χ4n) is 2.72. The lowest BCUT2D eigenvalue weighted by atomic mass is 10.2. The first-order chi connectivity index (χ1) is 10.7. The highest BCUT2D eigenvalue weighted by Gasteiger charge is 2.25. The van der Waals surface area contributed by atoms with Crippen LogP contribution < -0.4 is 10.2 Å². The van der Waals surface area contributed by atoms with Crippen LogP contribution in [0.3, 0.4) is 0 Å². The maximum Gasteiger partial charge on any atom is 0.354 e. The summed E-state index contributed by atoms with van der Waals surface area (Å²) < 4.78 is 4.18. The maximum atomic E-state index is 3.54. The van der Waals surface area contributed by atoms with Gasteiger partial charge in [-0.1, -0.05) is 12.1 Å². The minimum absolute atomic E-state index is 1.03. The van der Waals surface area contributed by atoms with Gasteiger partial charge in [0.25, 0.3) is 0 Å². The Bertz CT molecular complexity index is 593. The molecule has 128 valence electrons. The van der Waals surface area contributed by atoms with Gasteiger partial charge in [-0.25, -0.2) is 10.2 Å². The molecule has 0 radical (unpaired) electrons. The molecule has 0 aliphatic heterocycles. The van der Waals surface area contributed by atoms with E-state index in [1.165, 1.54) is 0 Å². The third kappa shape index (κ3) is 4.61. The van der Waals surface area contributed by atoms with Gasteiger partial charge in [-0.15, -0.1) is 0 Å². The lowest BCUT2D eigenvalue weighted by Gasteiger charge is -2.23. The van der Waals surface area contributed by atoms with E-state index in [-0.39, 0.29) is 0 Å². The Kier molecular flexibility index (Phi) is 6.42. The summed E-state index contributed by atoms with van der Waals surface area (Å²) in [4.78, 5) is 6.36. The molecule has 0 aliphatic carbocycles. The topological polar surface area (TPSA) is 27.8 Å². The fraction of sp³-hybridized carbons (Fsp3) is 0.529. The number of guanidine groups is 2. The van der Waals surface area contributed by atoms with Crippen molar-refractivity contribution in [3.8, 4) is 0 Å². The normalized spacial score (nSPS) is 9.96. The van der Waals surface area contributed by atoms with Crippen molar-refractivity contribution in [3.05, 3.63) is 24.3 Å². The van der Waals surface area contributed by atoms with Crippen molar-refractivity contribution >= 4 is 23.3 Å². The molecule has 0 unspecified atom stereocenters. The number of hydrogen-bond donors (Lipinski definition) is 1. The molecule has 1 aromatic rings. The molecule has 0 aromatic heterocycles. The number of benzene rings is 1. The van der Waals surface area contributed by atoms with E-state index in [0.717, 1.165) is 23.3 Å². The Morgan fingerprint density at radius 3 is 1.83 bits per heavy atom. The number of nitrogens with zero attached hydrogens (tertiary/aromatic N) is 5. The van der Waals surface area contributed by atoms with E-state index in [1.807, 2.05) is 34.3 Å². The van der Waals surface area contributed by atoms with Crippen LogP contribution in [0.15, 0.2) is 24.3 Å². The molecule has 1 N–H and O–H groups in total. The fourth-order valence-corrected chi connectivity index (χ4v) is 2.72. The van der Waals surface area contributed by atoms with Crippen LogP contribution in [0.4, 0.5) is 11.4 Å². The van der Waals surface area contributed by atoms with Gasteiger partial charge in [-0.2, -0.15) is 0 Å². The number of anilines is 2. The molecule has 0 fully saturated rings. The zero-order valence-corrected chi connectivity index (χ0v) is 16.0.